The highest BCUT2D eigenvalue weighted by Gasteiger charge is 2.41. The van der Waals surface area contributed by atoms with Gasteiger partial charge < -0.3 is 10.2 Å². The molecule has 1 saturated carbocycles. The second kappa shape index (κ2) is 8.72. The molecule has 1 N–H and O–H groups in total. The molecule has 5 heteroatoms. The Labute approximate surface area is 164 Å². The molecule has 0 bridgehead atoms. The van der Waals surface area contributed by atoms with E-state index in [2.05, 4.69) is 53.4 Å². The van der Waals surface area contributed by atoms with Crippen LogP contribution >= 0.6 is 0 Å². The summed E-state index contributed by atoms with van der Waals surface area (Å²) in [6.45, 7) is 7.32. The third-order valence-electron chi connectivity index (χ3n) is 6.46. The van der Waals surface area contributed by atoms with Gasteiger partial charge in [0.15, 0.2) is 0 Å². The van der Waals surface area contributed by atoms with E-state index < -0.39 is 0 Å². The molecule has 5 nitrogen and oxygen atoms in total. The minimum absolute atomic E-state index is 0.115. The molecule has 1 aliphatic carbocycles. The molecule has 0 spiro atoms. The number of aryl methyl sites for hydroxylation is 1. The third-order valence-corrected chi connectivity index (χ3v) is 6.46. The number of likely N-dealkylation sites (N-methyl/N-ethyl adjacent to an activating group) is 2. The summed E-state index contributed by atoms with van der Waals surface area (Å²) in [4.78, 5) is 20.2. The van der Waals surface area contributed by atoms with Crippen LogP contribution in [0.1, 0.15) is 42.9 Å². The van der Waals surface area contributed by atoms with Crippen molar-refractivity contribution in [2.24, 2.45) is 0 Å². The molecule has 0 unspecified atom stereocenters. The lowest BCUT2D eigenvalue weighted by atomic mass is 9.93. The van der Waals surface area contributed by atoms with Crippen molar-refractivity contribution in [2.45, 2.75) is 44.2 Å². The topological polar surface area (TPSA) is 38.8 Å². The van der Waals surface area contributed by atoms with Crippen LogP contribution in [0.4, 0.5) is 0 Å². The SMILES string of the molecule is Cc1ccc([C@@H](C(=O)NCC2(N3CCN(C)CC3)CCCC2)N(C)C)cc1. The minimum atomic E-state index is -0.239. The first kappa shape index (κ1) is 20.3. The molecular weight excluding hydrogens is 336 g/mol. The lowest BCUT2D eigenvalue weighted by molar-refractivity contribution is -0.126. The van der Waals surface area contributed by atoms with E-state index in [1.54, 1.807) is 0 Å². The number of carbonyl (C=O) groups is 1. The maximum atomic E-state index is 13.1. The van der Waals surface area contributed by atoms with E-state index in [0.717, 1.165) is 38.3 Å². The first-order valence-corrected chi connectivity index (χ1v) is 10.4. The number of nitrogens with zero attached hydrogens (tertiary/aromatic N) is 3. The zero-order valence-electron chi connectivity index (χ0n) is 17.5. The highest BCUT2D eigenvalue weighted by atomic mass is 16.2. The van der Waals surface area contributed by atoms with Crippen LogP contribution < -0.4 is 5.32 Å². The van der Waals surface area contributed by atoms with Crippen LogP contribution in [-0.2, 0) is 4.79 Å². The van der Waals surface area contributed by atoms with Gasteiger partial charge in [-0.2, -0.15) is 0 Å². The van der Waals surface area contributed by atoms with Crippen LogP contribution in [0.2, 0.25) is 0 Å². The van der Waals surface area contributed by atoms with Crippen LogP contribution in [0, 0.1) is 6.92 Å². The Bertz CT molecular complexity index is 614. The number of benzene rings is 1. The molecule has 0 radical (unpaired) electrons. The van der Waals surface area contributed by atoms with Gasteiger partial charge >= 0.3 is 0 Å². The Morgan fingerprint density at radius 3 is 2.26 bits per heavy atom. The Kier molecular flexibility index (Phi) is 6.56. The first-order chi connectivity index (χ1) is 12.9. The number of nitrogens with one attached hydrogen (secondary N) is 1. The van der Waals surface area contributed by atoms with Gasteiger partial charge in [-0.3, -0.25) is 14.6 Å². The molecule has 1 amide bonds. The molecule has 1 saturated heterocycles. The fraction of sp³-hybridized carbons (Fsp3) is 0.682. The summed E-state index contributed by atoms with van der Waals surface area (Å²) in [6, 6.07) is 8.08. The second-order valence-electron chi connectivity index (χ2n) is 8.72. The predicted octanol–water partition coefficient (Wildman–Crippen LogP) is 2.27. The van der Waals surface area contributed by atoms with E-state index in [1.807, 2.05) is 19.0 Å². The molecule has 2 fully saturated rings. The summed E-state index contributed by atoms with van der Waals surface area (Å²) in [7, 11) is 6.16. The Balaban J connectivity index is 1.68. The minimum Gasteiger partial charge on any atom is -0.353 e. The van der Waals surface area contributed by atoms with Gasteiger partial charge in [-0.05, 0) is 46.5 Å². The molecule has 27 heavy (non-hydrogen) atoms. The molecule has 2 aliphatic rings. The third kappa shape index (κ3) is 4.71. The van der Waals surface area contributed by atoms with Gasteiger partial charge in [-0.1, -0.05) is 42.7 Å². The van der Waals surface area contributed by atoms with Crippen LogP contribution in [-0.4, -0.2) is 80.0 Å². The number of carbonyl (C=O) groups excluding carboxylic acids is 1. The highest BCUT2D eigenvalue weighted by Crippen LogP contribution is 2.35. The maximum absolute atomic E-state index is 13.1. The van der Waals surface area contributed by atoms with Gasteiger partial charge in [0, 0.05) is 38.3 Å². The highest BCUT2D eigenvalue weighted by molar-refractivity contribution is 5.83. The summed E-state index contributed by atoms with van der Waals surface area (Å²) in [5, 5.41) is 3.33. The van der Waals surface area contributed by atoms with E-state index in [9.17, 15) is 4.79 Å². The van der Waals surface area contributed by atoms with Crippen molar-refractivity contribution < 1.29 is 4.79 Å². The van der Waals surface area contributed by atoms with Crippen molar-refractivity contribution in [3.63, 3.8) is 0 Å². The monoisotopic (exact) mass is 372 g/mol. The van der Waals surface area contributed by atoms with E-state index in [0.29, 0.717) is 0 Å². The summed E-state index contributed by atoms with van der Waals surface area (Å²) in [5.74, 6) is 0.115. The van der Waals surface area contributed by atoms with E-state index >= 15 is 0 Å². The standard InChI is InChI=1S/C22H36N4O/c1-18-7-9-19(10-8-18)20(24(2)3)21(27)23-17-22(11-5-6-12-22)26-15-13-25(4)14-16-26/h7-10,20H,5-6,11-17H2,1-4H3,(H,23,27)/t20-/m0/s1. The van der Waals surface area contributed by atoms with Crippen molar-refractivity contribution in [2.75, 3.05) is 53.9 Å². The van der Waals surface area contributed by atoms with Gasteiger partial charge in [-0.15, -0.1) is 0 Å². The lowest BCUT2D eigenvalue weighted by Crippen LogP contribution is -2.60. The molecular formula is C22H36N4O. The van der Waals surface area contributed by atoms with Crippen LogP contribution in [0.3, 0.4) is 0 Å². The smallest absolute Gasteiger partial charge is 0.242 e. The fourth-order valence-electron chi connectivity index (χ4n) is 4.70. The van der Waals surface area contributed by atoms with Crippen molar-refractivity contribution in [1.82, 2.24) is 20.0 Å². The molecule has 3 rings (SSSR count). The molecule has 1 aliphatic heterocycles. The summed E-state index contributed by atoms with van der Waals surface area (Å²) in [6.07, 6.45) is 4.96. The lowest BCUT2D eigenvalue weighted by Gasteiger charge is -2.45. The van der Waals surface area contributed by atoms with Crippen molar-refractivity contribution >= 4 is 5.91 Å². The normalized spacial score (nSPS) is 22.1. The van der Waals surface area contributed by atoms with E-state index in [1.165, 1.54) is 31.2 Å². The van der Waals surface area contributed by atoms with Crippen molar-refractivity contribution in [3.8, 4) is 0 Å². The molecule has 150 valence electrons. The summed E-state index contributed by atoms with van der Waals surface area (Å²) in [5.41, 5.74) is 2.43. The maximum Gasteiger partial charge on any atom is 0.242 e. The number of rotatable bonds is 6. The Hall–Kier alpha value is -1.43. The molecule has 1 aromatic carbocycles. The average Bonchev–Trinajstić information content (AvgIpc) is 3.12. The quantitative estimate of drug-likeness (QED) is 0.831. The average molecular weight is 373 g/mol. The molecule has 1 aromatic rings. The Morgan fingerprint density at radius 1 is 1.11 bits per heavy atom. The van der Waals surface area contributed by atoms with Gasteiger partial charge in [0.05, 0.1) is 0 Å². The molecule has 1 heterocycles. The molecule has 0 aromatic heterocycles. The zero-order chi connectivity index (χ0) is 19.4. The fourth-order valence-corrected chi connectivity index (χ4v) is 4.70. The van der Waals surface area contributed by atoms with Crippen LogP contribution in [0.25, 0.3) is 0 Å². The number of amides is 1. The number of hydrogen-bond donors (Lipinski definition) is 1. The van der Waals surface area contributed by atoms with Gasteiger partial charge in [0.25, 0.3) is 0 Å². The van der Waals surface area contributed by atoms with Crippen LogP contribution in [0.5, 0.6) is 0 Å². The summed E-state index contributed by atoms with van der Waals surface area (Å²) < 4.78 is 0. The van der Waals surface area contributed by atoms with Crippen LogP contribution in [0.15, 0.2) is 24.3 Å². The van der Waals surface area contributed by atoms with Gasteiger partial charge in [0.2, 0.25) is 5.91 Å². The Morgan fingerprint density at radius 2 is 1.70 bits per heavy atom. The first-order valence-electron chi connectivity index (χ1n) is 10.4. The summed E-state index contributed by atoms with van der Waals surface area (Å²) >= 11 is 0. The second-order valence-corrected chi connectivity index (χ2v) is 8.72. The zero-order valence-corrected chi connectivity index (χ0v) is 17.5. The largest absolute Gasteiger partial charge is 0.353 e. The predicted molar refractivity (Wildman–Crippen MR) is 111 cm³/mol. The number of hydrogen-bond acceptors (Lipinski definition) is 4. The number of piperazine rings is 1. The van der Waals surface area contributed by atoms with Gasteiger partial charge in [-0.25, -0.2) is 0 Å². The van der Waals surface area contributed by atoms with Crippen molar-refractivity contribution in [1.29, 1.82) is 0 Å². The van der Waals surface area contributed by atoms with E-state index in [-0.39, 0.29) is 17.5 Å². The van der Waals surface area contributed by atoms with E-state index in [4.69, 9.17) is 0 Å². The molecule has 1 atom stereocenters. The van der Waals surface area contributed by atoms with Gasteiger partial charge in [0.1, 0.15) is 6.04 Å². The van der Waals surface area contributed by atoms with Crippen molar-refractivity contribution in [3.05, 3.63) is 35.4 Å².